The van der Waals surface area contributed by atoms with E-state index in [4.69, 9.17) is 14.3 Å². The Balaban J connectivity index is 1.67. The van der Waals surface area contributed by atoms with E-state index in [0.29, 0.717) is 18.3 Å². The second-order valence-corrected chi connectivity index (χ2v) is 5.71. The highest BCUT2D eigenvalue weighted by atomic mass is 16.5. The molecule has 0 amide bonds. The molecule has 0 unspecified atom stereocenters. The van der Waals surface area contributed by atoms with Crippen LogP contribution in [0, 0.1) is 0 Å². The molecule has 4 nitrogen and oxygen atoms in total. The van der Waals surface area contributed by atoms with Crippen molar-refractivity contribution in [3.05, 3.63) is 35.6 Å². The van der Waals surface area contributed by atoms with E-state index >= 15 is 0 Å². The number of benzene rings is 1. The van der Waals surface area contributed by atoms with Crippen LogP contribution in [0.15, 0.2) is 28.7 Å². The molecule has 1 saturated carbocycles. The molecule has 1 N–H and O–H groups in total. The highest BCUT2D eigenvalue weighted by molar-refractivity contribution is 5.91. The van der Waals surface area contributed by atoms with Gasteiger partial charge in [-0.15, -0.1) is 0 Å². The average Bonchev–Trinajstić information content (AvgIpc) is 2.73. The van der Waals surface area contributed by atoms with Crippen LogP contribution in [-0.4, -0.2) is 17.2 Å². The van der Waals surface area contributed by atoms with Crippen LogP contribution >= 0.6 is 0 Å². The first-order valence-corrected chi connectivity index (χ1v) is 7.60. The lowest BCUT2D eigenvalue weighted by Gasteiger charge is -2.15. The number of carboxylic acids is 1. The lowest BCUT2D eigenvalue weighted by atomic mass is 10.1. The molecule has 112 valence electrons. The Morgan fingerprint density at radius 2 is 1.95 bits per heavy atom. The summed E-state index contributed by atoms with van der Waals surface area (Å²) in [4.78, 5) is 10.9. The Kier molecular flexibility index (Phi) is 4.25. The Morgan fingerprint density at radius 1 is 1.19 bits per heavy atom. The fraction of sp³-hybridized carbons (Fsp3) is 0.471. The second-order valence-electron chi connectivity index (χ2n) is 5.71. The minimum Gasteiger partial charge on any atom is -0.475 e. The van der Waals surface area contributed by atoms with Crippen molar-refractivity contribution in [1.29, 1.82) is 0 Å². The van der Waals surface area contributed by atoms with Crippen LogP contribution in [0.4, 0.5) is 0 Å². The molecule has 0 aliphatic heterocycles. The van der Waals surface area contributed by atoms with Gasteiger partial charge in [0.05, 0.1) is 12.7 Å². The maximum absolute atomic E-state index is 10.9. The standard InChI is InChI=1S/C17H20O4/c18-17(19)16-10-13-9-12(7-8-15(13)21-16)11-20-14-5-3-1-2-4-6-14/h7-10,14H,1-6,11H2,(H,18,19). The smallest absolute Gasteiger partial charge is 0.371 e. The number of hydrogen-bond acceptors (Lipinski definition) is 3. The molecule has 1 aromatic carbocycles. The largest absolute Gasteiger partial charge is 0.475 e. The zero-order valence-electron chi connectivity index (χ0n) is 12.0. The van der Waals surface area contributed by atoms with Gasteiger partial charge in [0.15, 0.2) is 0 Å². The van der Waals surface area contributed by atoms with Crippen LogP contribution in [0.2, 0.25) is 0 Å². The molecule has 21 heavy (non-hydrogen) atoms. The van der Waals surface area contributed by atoms with Gasteiger partial charge in [0.1, 0.15) is 5.58 Å². The van der Waals surface area contributed by atoms with Crippen molar-refractivity contribution in [2.75, 3.05) is 0 Å². The number of furan rings is 1. The SMILES string of the molecule is O=C(O)c1cc2cc(COC3CCCCCC3)ccc2o1. The molecular weight excluding hydrogens is 268 g/mol. The molecule has 0 radical (unpaired) electrons. The summed E-state index contributed by atoms with van der Waals surface area (Å²) in [5.41, 5.74) is 1.66. The summed E-state index contributed by atoms with van der Waals surface area (Å²) >= 11 is 0. The molecular formula is C17H20O4. The topological polar surface area (TPSA) is 59.7 Å². The minimum absolute atomic E-state index is 0.0214. The zero-order chi connectivity index (χ0) is 14.7. The molecule has 1 heterocycles. The van der Waals surface area contributed by atoms with Gasteiger partial charge in [-0.3, -0.25) is 0 Å². The number of ether oxygens (including phenoxy) is 1. The van der Waals surface area contributed by atoms with Gasteiger partial charge in [-0.2, -0.15) is 0 Å². The van der Waals surface area contributed by atoms with E-state index < -0.39 is 5.97 Å². The number of carboxylic acid groups (broad SMARTS) is 1. The van der Waals surface area contributed by atoms with Crippen molar-refractivity contribution < 1.29 is 19.1 Å². The van der Waals surface area contributed by atoms with Crippen LogP contribution < -0.4 is 0 Å². The number of fused-ring (bicyclic) bond motifs is 1. The van der Waals surface area contributed by atoms with E-state index in [1.807, 2.05) is 18.2 Å². The van der Waals surface area contributed by atoms with Crippen LogP contribution in [0.1, 0.15) is 54.6 Å². The molecule has 1 fully saturated rings. The Bertz CT molecular complexity index is 621. The van der Waals surface area contributed by atoms with E-state index in [0.717, 1.165) is 23.8 Å². The first-order chi connectivity index (χ1) is 10.2. The highest BCUT2D eigenvalue weighted by Crippen LogP contribution is 2.24. The molecule has 1 aliphatic rings. The summed E-state index contributed by atoms with van der Waals surface area (Å²) in [7, 11) is 0. The van der Waals surface area contributed by atoms with Crippen molar-refractivity contribution >= 4 is 16.9 Å². The van der Waals surface area contributed by atoms with Gasteiger partial charge in [-0.05, 0) is 36.6 Å². The first-order valence-electron chi connectivity index (χ1n) is 7.60. The summed E-state index contributed by atoms with van der Waals surface area (Å²) in [5.74, 6) is -1.06. The summed E-state index contributed by atoms with van der Waals surface area (Å²) < 4.78 is 11.3. The maximum Gasteiger partial charge on any atom is 0.371 e. The first kappa shape index (κ1) is 14.1. The number of hydrogen-bond donors (Lipinski definition) is 1. The van der Waals surface area contributed by atoms with Crippen molar-refractivity contribution in [3.8, 4) is 0 Å². The van der Waals surface area contributed by atoms with Crippen molar-refractivity contribution in [2.45, 2.75) is 51.2 Å². The van der Waals surface area contributed by atoms with Gasteiger partial charge in [-0.1, -0.05) is 31.7 Å². The third-order valence-corrected chi connectivity index (χ3v) is 4.08. The van der Waals surface area contributed by atoms with Crippen LogP contribution in [0.3, 0.4) is 0 Å². The van der Waals surface area contributed by atoms with Crippen molar-refractivity contribution in [1.82, 2.24) is 0 Å². The molecule has 2 aromatic rings. The van der Waals surface area contributed by atoms with E-state index in [9.17, 15) is 4.79 Å². The summed E-state index contributed by atoms with van der Waals surface area (Å²) in [6.45, 7) is 0.578. The van der Waals surface area contributed by atoms with Crippen LogP contribution in [0.25, 0.3) is 11.0 Å². The van der Waals surface area contributed by atoms with Crippen LogP contribution in [-0.2, 0) is 11.3 Å². The van der Waals surface area contributed by atoms with Gasteiger partial charge in [0, 0.05) is 5.39 Å². The molecule has 1 aliphatic carbocycles. The summed E-state index contributed by atoms with van der Waals surface area (Å²) in [6.07, 6.45) is 7.81. The maximum atomic E-state index is 10.9. The number of aromatic carboxylic acids is 1. The minimum atomic E-state index is -1.04. The monoisotopic (exact) mass is 288 g/mol. The zero-order valence-corrected chi connectivity index (χ0v) is 12.0. The van der Waals surface area contributed by atoms with E-state index in [1.54, 1.807) is 6.07 Å². The number of rotatable bonds is 4. The van der Waals surface area contributed by atoms with Gasteiger partial charge in [0.25, 0.3) is 0 Å². The third kappa shape index (κ3) is 3.45. The van der Waals surface area contributed by atoms with Crippen LogP contribution in [0.5, 0.6) is 0 Å². The molecule has 0 saturated heterocycles. The Hall–Kier alpha value is -1.81. The Morgan fingerprint density at radius 3 is 2.67 bits per heavy atom. The second kappa shape index (κ2) is 6.31. The molecule has 0 spiro atoms. The van der Waals surface area contributed by atoms with Gasteiger partial charge in [-0.25, -0.2) is 4.79 Å². The summed E-state index contributed by atoms with van der Waals surface area (Å²) in [6, 6.07) is 7.26. The lowest BCUT2D eigenvalue weighted by molar-refractivity contribution is 0.0310. The molecule has 4 heteroatoms. The average molecular weight is 288 g/mol. The molecule has 1 aromatic heterocycles. The predicted molar refractivity (Wildman–Crippen MR) is 79.5 cm³/mol. The molecule has 3 rings (SSSR count). The fourth-order valence-corrected chi connectivity index (χ4v) is 2.91. The fourth-order valence-electron chi connectivity index (χ4n) is 2.91. The van der Waals surface area contributed by atoms with Gasteiger partial charge < -0.3 is 14.3 Å². The van der Waals surface area contributed by atoms with E-state index in [-0.39, 0.29) is 5.76 Å². The Labute approximate surface area is 123 Å². The summed E-state index contributed by atoms with van der Waals surface area (Å²) in [5, 5.41) is 9.75. The quantitative estimate of drug-likeness (QED) is 0.849. The lowest BCUT2D eigenvalue weighted by Crippen LogP contribution is -2.11. The molecule has 0 atom stereocenters. The van der Waals surface area contributed by atoms with E-state index in [1.165, 1.54) is 25.7 Å². The number of carbonyl (C=O) groups is 1. The predicted octanol–water partition coefficient (Wildman–Crippen LogP) is 4.37. The van der Waals surface area contributed by atoms with Gasteiger partial charge >= 0.3 is 5.97 Å². The van der Waals surface area contributed by atoms with Gasteiger partial charge in [0.2, 0.25) is 5.76 Å². The van der Waals surface area contributed by atoms with E-state index in [2.05, 4.69) is 0 Å². The highest BCUT2D eigenvalue weighted by Gasteiger charge is 2.14. The molecule has 0 bridgehead atoms. The van der Waals surface area contributed by atoms with Crippen molar-refractivity contribution in [2.24, 2.45) is 0 Å². The normalized spacial score (nSPS) is 17.0. The third-order valence-electron chi connectivity index (χ3n) is 4.08. The van der Waals surface area contributed by atoms with Crippen molar-refractivity contribution in [3.63, 3.8) is 0 Å².